The quantitative estimate of drug-likeness (QED) is 0.457. The normalized spacial score (nSPS) is 51.5. The summed E-state index contributed by atoms with van der Waals surface area (Å²) in [5.41, 5.74) is 0. The Morgan fingerprint density at radius 1 is 1.45 bits per heavy atom. The Labute approximate surface area is 61.0 Å². The number of ether oxygens (including phenoxy) is 1. The lowest BCUT2D eigenvalue weighted by atomic mass is 10.1. The highest BCUT2D eigenvalue weighted by Crippen LogP contribution is 2.37. The lowest BCUT2D eigenvalue weighted by Gasteiger charge is -2.24. The van der Waals surface area contributed by atoms with Crippen LogP contribution < -0.4 is 0 Å². The largest absolute Gasteiger partial charge is 0.393 e. The van der Waals surface area contributed by atoms with Crippen LogP contribution in [0.2, 0.25) is 0 Å². The maximum Gasteiger partial charge on any atom is 0.297 e. The molecule has 0 bridgehead atoms. The lowest BCUT2D eigenvalue weighted by molar-refractivity contribution is -0.272. The van der Waals surface area contributed by atoms with Crippen molar-refractivity contribution in [2.75, 3.05) is 13.2 Å². The van der Waals surface area contributed by atoms with Gasteiger partial charge in [-0.3, -0.25) is 0 Å². The van der Waals surface area contributed by atoms with E-state index in [1.807, 2.05) is 0 Å². The summed E-state index contributed by atoms with van der Waals surface area (Å²) in [5, 5.41) is 25.4. The molecule has 3 N–H and O–H groups in total. The van der Waals surface area contributed by atoms with Crippen LogP contribution in [0.25, 0.3) is 0 Å². The highest BCUT2D eigenvalue weighted by atomic mass is 19.2. The van der Waals surface area contributed by atoms with Crippen molar-refractivity contribution in [2.24, 2.45) is 0 Å². The summed E-state index contributed by atoms with van der Waals surface area (Å²) in [6.45, 7) is -1.87. The van der Waals surface area contributed by atoms with Gasteiger partial charge in [0.2, 0.25) is 0 Å². The number of halogens is 2. The number of aliphatic hydroxyl groups excluding tert-OH is 1. The molecule has 1 rings (SSSR count). The Balaban J connectivity index is 2.81. The molecule has 0 spiro atoms. The molecule has 1 heterocycles. The fourth-order valence-electron chi connectivity index (χ4n) is 0.843. The molecule has 66 valence electrons. The van der Waals surface area contributed by atoms with Crippen LogP contribution in [0, 0.1) is 0 Å². The summed E-state index contributed by atoms with van der Waals surface area (Å²) < 4.78 is 29.5. The van der Waals surface area contributed by atoms with E-state index in [2.05, 4.69) is 4.74 Å². The molecular formula is C5H8F2O4. The minimum atomic E-state index is -3.53. The highest BCUT2D eigenvalue weighted by Gasteiger charge is 2.63. The summed E-state index contributed by atoms with van der Waals surface area (Å²) in [5.74, 6) is -6.96. The zero-order valence-electron chi connectivity index (χ0n) is 5.50. The third kappa shape index (κ3) is 1.12. The van der Waals surface area contributed by atoms with Gasteiger partial charge in [-0.15, -0.1) is 0 Å². The van der Waals surface area contributed by atoms with E-state index in [4.69, 9.17) is 15.3 Å². The minimum Gasteiger partial charge on any atom is -0.393 e. The lowest BCUT2D eigenvalue weighted by Crippen LogP contribution is -2.51. The van der Waals surface area contributed by atoms with Gasteiger partial charge < -0.3 is 20.1 Å². The van der Waals surface area contributed by atoms with E-state index >= 15 is 0 Å². The van der Waals surface area contributed by atoms with Crippen LogP contribution in [0.3, 0.4) is 0 Å². The number of alkyl halides is 2. The van der Waals surface area contributed by atoms with Gasteiger partial charge >= 0.3 is 0 Å². The molecule has 1 saturated heterocycles. The zero-order chi connectivity index (χ0) is 8.70. The standard InChI is InChI=1S/C5H8F2O4/c6-4(9)2-11-3(1-8)5(4,7)10/h3,8-10H,1-2H2/t3-,4+,5-/m1/s1. The summed E-state index contributed by atoms with van der Waals surface area (Å²) in [6, 6.07) is 0. The van der Waals surface area contributed by atoms with Crippen LogP contribution in [-0.2, 0) is 4.74 Å². The average Bonchev–Trinajstić information content (AvgIpc) is 2.05. The Morgan fingerprint density at radius 2 is 2.00 bits per heavy atom. The van der Waals surface area contributed by atoms with Gasteiger partial charge in [0.05, 0.1) is 6.61 Å². The molecule has 4 nitrogen and oxygen atoms in total. The van der Waals surface area contributed by atoms with E-state index in [9.17, 15) is 8.78 Å². The van der Waals surface area contributed by atoms with Gasteiger partial charge in [-0.2, -0.15) is 0 Å². The average molecular weight is 170 g/mol. The molecule has 1 aliphatic heterocycles. The monoisotopic (exact) mass is 170 g/mol. The topological polar surface area (TPSA) is 69.9 Å². The first-order valence-electron chi connectivity index (χ1n) is 2.97. The van der Waals surface area contributed by atoms with Crippen molar-refractivity contribution in [1.82, 2.24) is 0 Å². The molecule has 6 heteroatoms. The van der Waals surface area contributed by atoms with Crippen molar-refractivity contribution in [1.29, 1.82) is 0 Å². The molecule has 0 saturated carbocycles. The molecule has 0 aromatic carbocycles. The number of aliphatic hydroxyl groups is 3. The smallest absolute Gasteiger partial charge is 0.297 e. The van der Waals surface area contributed by atoms with Gasteiger partial charge in [-0.1, -0.05) is 0 Å². The van der Waals surface area contributed by atoms with Gasteiger partial charge in [-0.05, 0) is 0 Å². The predicted molar refractivity (Wildman–Crippen MR) is 28.9 cm³/mol. The van der Waals surface area contributed by atoms with E-state index in [1.54, 1.807) is 0 Å². The third-order valence-corrected chi connectivity index (χ3v) is 1.61. The van der Waals surface area contributed by atoms with Gasteiger partial charge in [0.25, 0.3) is 11.7 Å². The number of hydrogen-bond acceptors (Lipinski definition) is 4. The van der Waals surface area contributed by atoms with Gasteiger partial charge in [0.1, 0.15) is 12.7 Å². The van der Waals surface area contributed by atoms with Gasteiger partial charge in [0, 0.05) is 0 Å². The molecule has 0 radical (unpaired) electrons. The fraction of sp³-hybridized carbons (Fsp3) is 1.00. The van der Waals surface area contributed by atoms with Crippen molar-refractivity contribution in [3.8, 4) is 0 Å². The van der Waals surface area contributed by atoms with Gasteiger partial charge in [0.15, 0.2) is 0 Å². The number of rotatable bonds is 1. The second kappa shape index (κ2) is 2.34. The molecule has 0 aliphatic carbocycles. The molecule has 0 aromatic heterocycles. The fourth-order valence-corrected chi connectivity index (χ4v) is 0.843. The van der Waals surface area contributed by atoms with Crippen LogP contribution in [0.1, 0.15) is 0 Å². The highest BCUT2D eigenvalue weighted by molar-refractivity contribution is 4.95. The van der Waals surface area contributed by atoms with Crippen LogP contribution in [0.4, 0.5) is 8.78 Å². The van der Waals surface area contributed by atoms with Crippen molar-refractivity contribution >= 4 is 0 Å². The predicted octanol–water partition coefficient (Wildman–Crippen LogP) is -1.31. The molecule has 0 aromatic rings. The first kappa shape index (κ1) is 8.79. The molecule has 3 atom stereocenters. The molecule has 0 unspecified atom stereocenters. The third-order valence-electron chi connectivity index (χ3n) is 1.61. The Morgan fingerprint density at radius 3 is 2.18 bits per heavy atom. The Kier molecular flexibility index (Phi) is 1.87. The van der Waals surface area contributed by atoms with E-state index in [0.29, 0.717) is 0 Å². The number of hydrogen-bond donors (Lipinski definition) is 3. The van der Waals surface area contributed by atoms with Crippen LogP contribution in [0.5, 0.6) is 0 Å². The van der Waals surface area contributed by atoms with Gasteiger partial charge in [-0.25, -0.2) is 8.78 Å². The van der Waals surface area contributed by atoms with Crippen LogP contribution in [0.15, 0.2) is 0 Å². The molecule has 11 heavy (non-hydrogen) atoms. The first-order valence-corrected chi connectivity index (χ1v) is 2.97. The molecule has 1 fully saturated rings. The second-order valence-electron chi connectivity index (χ2n) is 2.41. The summed E-state index contributed by atoms with van der Waals surface area (Å²) in [6.07, 6.45) is -1.72. The van der Waals surface area contributed by atoms with Crippen molar-refractivity contribution in [2.45, 2.75) is 17.8 Å². The Hall–Kier alpha value is -0.300. The van der Waals surface area contributed by atoms with Crippen LogP contribution in [-0.4, -0.2) is 46.3 Å². The van der Waals surface area contributed by atoms with E-state index in [-0.39, 0.29) is 0 Å². The van der Waals surface area contributed by atoms with E-state index < -0.39 is 31.0 Å². The Bertz CT molecular complexity index is 159. The summed E-state index contributed by atoms with van der Waals surface area (Å²) in [7, 11) is 0. The summed E-state index contributed by atoms with van der Waals surface area (Å²) >= 11 is 0. The SMILES string of the molecule is OC[C@H]1OC[C@@](O)(F)[C@@]1(O)F. The zero-order valence-corrected chi connectivity index (χ0v) is 5.50. The first-order chi connectivity index (χ1) is 4.92. The maximum absolute atomic E-state index is 12.7. The van der Waals surface area contributed by atoms with E-state index in [0.717, 1.165) is 0 Å². The molecule has 0 amide bonds. The van der Waals surface area contributed by atoms with Crippen LogP contribution >= 0.6 is 0 Å². The van der Waals surface area contributed by atoms with E-state index in [1.165, 1.54) is 0 Å². The maximum atomic E-state index is 12.7. The molecular weight excluding hydrogens is 162 g/mol. The molecule has 1 aliphatic rings. The second-order valence-corrected chi connectivity index (χ2v) is 2.41. The van der Waals surface area contributed by atoms with Crippen molar-refractivity contribution in [3.05, 3.63) is 0 Å². The van der Waals surface area contributed by atoms with Crippen molar-refractivity contribution in [3.63, 3.8) is 0 Å². The summed E-state index contributed by atoms with van der Waals surface area (Å²) in [4.78, 5) is 0. The minimum absolute atomic E-state index is 0.890. The van der Waals surface area contributed by atoms with Crippen molar-refractivity contribution < 1.29 is 28.8 Å².